The first-order valence-corrected chi connectivity index (χ1v) is 4.77. The Balaban J connectivity index is 2.19. The molecule has 4 nitrogen and oxygen atoms in total. The lowest BCUT2D eigenvalue weighted by Crippen LogP contribution is -2.16. The highest BCUT2D eigenvalue weighted by atomic mass is 32.1. The van der Waals surface area contributed by atoms with Crippen molar-refractivity contribution in [1.82, 2.24) is 10.2 Å². The van der Waals surface area contributed by atoms with E-state index in [9.17, 15) is 13.2 Å². The molecule has 0 unspecified atom stereocenters. The van der Waals surface area contributed by atoms with Gasteiger partial charge in [0.05, 0.1) is 0 Å². The Morgan fingerprint density at radius 3 is 2.24 bits per heavy atom. The number of hydrogen-bond acceptors (Lipinski definition) is 5. The molecule has 0 spiro atoms. The second-order valence-electron chi connectivity index (χ2n) is 2.96. The SMILES string of the molecule is FC(F)(F)Oc1ccc(-c2nnc(S)o2)cc1. The number of halogens is 3. The van der Waals surface area contributed by atoms with Crippen LogP contribution in [0.15, 0.2) is 33.9 Å². The second kappa shape index (κ2) is 4.28. The van der Waals surface area contributed by atoms with E-state index in [0.717, 1.165) is 12.1 Å². The van der Waals surface area contributed by atoms with E-state index in [-0.39, 0.29) is 16.9 Å². The molecule has 1 aromatic carbocycles. The average Bonchev–Trinajstić information content (AvgIpc) is 2.63. The maximum Gasteiger partial charge on any atom is 0.573 e. The van der Waals surface area contributed by atoms with Crippen LogP contribution in [0.2, 0.25) is 0 Å². The number of hydrogen-bond donors (Lipinski definition) is 1. The van der Waals surface area contributed by atoms with Crippen LogP contribution in [-0.2, 0) is 0 Å². The summed E-state index contributed by atoms with van der Waals surface area (Å²) in [7, 11) is 0. The third-order valence-corrected chi connectivity index (χ3v) is 1.93. The van der Waals surface area contributed by atoms with Gasteiger partial charge in [-0.25, -0.2) is 0 Å². The lowest BCUT2D eigenvalue weighted by molar-refractivity contribution is -0.274. The van der Waals surface area contributed by atoms with Gasteiger partial charge in [0.25, 0.3) is 5.22 Å². The topological polar surface area (TPSA) is 48.2 Å². The number of nitrogens with zero attached hydrogens (tertiary/aromatic N) is 2. The summed E-state index contributed by atoms with van der Waals surface area (Å²) in [6.45, 7) is 0. The van der Waals surface area contributed by atoms with E-state index in [1.165, 1.54) is 12.1 Å². The highest BCUT2D eigenvalue weighted by Gasteiger charge is 2.31. The van der Waals surface area contributed by atoms with E-state index in [1.807, 2.05) is 0 Å². The molecule has 2 aromatic rings. The van der Waals surface area contributed by atoms with Crippen LogP contribution in [0, 0.1) is 0 Å². The molecule has 0 N–H and O–H groups in total. The maximum atomic E-state index is 11.9. The molecule has 0 bridgehead atoms. The largest absolute Gasteiger partial charge is 0.573 e. The predicted molar refractivity (Wildman–Crippen MR) is 53.7 cm³/mol. The first kappa shape index (κ1) is 11.8. The number of aromatic nitrogens is 2. The summed E-state index contributed by atoms with van der Waals surface area (Å²) < 4.78 is 44.4. The molecule has 1 aromatic heterocycles. The van der Waals surface area contributed by atoms with Gasteiger partial charge in [-0.15, -0.1) is 23.4 Å². The van der Waals surface area contributed by atoms with Gasteiger partial charge in [0.15, 0.2) is 0 Å². The first-order valence-electron chi connectivity index (χ1n) is 4.33. The van der Waals surface area contributed by atoms with E-state index < -0.39 is 6.36 Å². The Hall–Kier alpha value is -1.70. The zero-order valence-corrected chi connectivity index (χ0v) is 9.00. The van der Waals surface area contributed by atoms with Gasteiger partial charge in [-0.1, -0.05) is 12.6 Å². The van der Waals surface area contributed by atoms with E-state index in [1.54, 1.807) is 0 Å². The van der Waals surface area contributed by atoms with Crippen molar-refractivity contribution in [2.75, 3.05) is 0 Å². The number of alkyl halides is 3. The molecule has 90 valence electrons. The molecule has 0 atom stereocenters. The molecule has 0 saturated carbocycles. The Bertz CT molecular complexity index is 510. The number of rotatable bonds is 2. The molecule has 0 radical (unpaired) electrons. The van der Waals surface area contributed by atoms with Crippen molar-refractivity contribution in [1.29, 1.82) is 0 Å². The minimum Gasteiger partial charge on any atom is -0.411 e. The fourth-order valence-corrected chi connectivity index (χ4v) is 1.26. The third kappa shape index (κ3) is 3.13. The molecular formula is C9H5F3N2O2S. The Morgan fingerprint density at radius 1 is 1.12 bits per heavy atom. The van der Waals surface area contributed by atoms with E-state index in [2.05, 4.69) is 27.6 Å². The first-order chi connectivity index (χ1) is 7.94. The Kier molecular flexibility index (Phi) is 2.97. The van der Waals surface area contributed by atoms with Crippen LogP contribution in [0.4, 0.5) is 13.2 Å². The molecule has 0 aliphatic rings. The fourth-order valence-electron chi connectivity index (χ4n) is 1.13. The molecular weight excluding hydrogens is 257 g/mol. The lowest BCUT2D eigenvalue weighted by atomic mass is 10.2. The molecule has 2 rings (SSSR count). The maximum absolute atomic E-state index is 11.9. The van der Waals surface area contributed by atoms with Crippen molar-refractivity contribution in [3.8, 4) is 17.2 Å². The second-order valence-corrected chi connectivity index (χ2v) is 3.34. The number of benzene rings is 1. The molecule has 17 heavy (non-hydrogen) atoms. The summed E-state index contributed by atoms with van der Waals surface area (Å²) in [5.74, 6) is -0.138. The van der Waals surface area contributed by atoms with Crippen LogP contribution < -0.4 is 4.74 Å². The zero-order chi connectivity index (χ0) is 12.5. The van der Waals surface area contributed by atoms with Gasteiger partial charge < -0.3 is 9.15 Å². The minimum atomic E-state index is -4.70. The monoisotopic (exact) mass is 262 g/mol. The highest BCUT2D eigenvalue weighted by molar-refractivity contribution is 7.80. The van der Waals surface area contributed by atoms with Crippen molar-refractivity contribution in [2.24, 2.45) is 0 Å². The fraction of sp³-hybridized carbons (Fsp3) is 0.111. The van der Waals surface area contributed by atoms with Gasteiger partial charge in [0.2, 0.25) is 5.89 Å². The molecule has 0 saturated heterocycles. The third-order valence-electron chi connectivity index (χ3n) is 1.75. The lowest BCUT2D eigenvalue weighted by Gasteiger charge is -2.08. The summed E-state index contributed by atoms with van der Waals surface area (Å²) in [5.41, 5.74) is 0.479. The van der Waals surface area contributed by atoms with Crippen LogP contribution in [0.5, 0.6) is 5.75 Å². The molecule has 0 aliphatic carbocycles. The summed E-state index contributed by atoms with van der Waals surface area (Å²) in [4.78, 5) is 0. The predicted octanol–water partition coefficient (Wildman–Crippen LogP) is 2.92. The van der Waals surface area contributed by atoms with Crippen LogP contribution in [0.1, 0.15) is 0 Å². The van der Waals surface area contributed by atoms with E-state index >= 15 is 0 Å². The Labute approximate surface area is 98.8 Å². The van der Waals surface area contributed by atoms with Gasteiger partial charge >= 0.3 is 6.36 Å². The van der Waals surface area contributed by atoms with E-state index in [4.69, 9.17) is 4.42 Å². The Morgan fingerprint density at radius 2 is 1.76 bits per heavy atom. The van der Waals surface area contributed by atoms with Gasteiger partial charge in [-0.05, 0) is 24.3 Å². The summed E-state index contributed by atoms with van der Waals surface area (Å²) in [6.07, 6.45) is -4.70. The van der Waals surface area contributed by atoms with Crippen molar-refractivity contribution in [2.45, 2.75) is 11.6 Å². The normalized spacial score (nSPS) is 11.5. The van der Waals surface area contributed by atoms with Crippen LogP contribution in [-0.4, -0.2) is 16.6 Å². The standard InChI is InChI=1S/C9H5F3N2O2S/c10-9(11,12)16-6-3-1-5(2-4-6)7-13-14-8(17)15-7/h1-4H,(H,14,17). The molecule has 8 heteroatoms. The quantitative estimate of drug-likeness (QED) is 0.845. The van der Waals surface area contributed by atoms with Gasteiger partial charge in [0.1, 0.15) is 5.75 Å². The summed E-state index contributed by atoms with van der Waals surface area (Å²) in [6, 6.07) is 5.07. The van der Waals surface area contributed by atoms with Gasteiger partial charge in [-0.3, -0.25) is 0 Å². The van der Waals surface area contributed by atoms with Crippen molar-refractivity contribution >= 4 is 12.6 Å². The van der Waals surface area contributed by atoms with Gasteiger partial charge in [-0.2, -0.15) is 0 Å². The molecule has 0 amide bonds. The average molecular weight is 262 g/mol. The number of ether oxygens (including phenoxy) is 1. The van der Waals surface area contributed by atoms with Crippen molar-refractivity contribution in [3.05, 3.63) is 24.3 Å². The van der Waals surface area contributed by atoms with Gasteiger partial charge in [0, 0.05) is 5.56 Å². The van der Waals surface area contributed by atoms with Crippen LogP contribution in [0.25, 0.3) is 11.5 Å². The molecule has 0 aliphatic heterocycles. The minimum absolute atomic E-state index is 0.0793. The molecule has 1 heterocycles. The van der Waals surface area contributed by atoms with Crippen molar-refractivity contribution in [3.63, 3.8) is 0 Å². The van der Waals surface area contributed by atoms with E-state index in [0.29, 0.717) is 5.56 Å². The number of thiol groups is 1. The highest BCUT2D eigenvalue weighted by Crippen LogP contribution is 2.26. The van der Waals surface area contributed by atoms with Crippen molar-refractivity contribution < 1.29 is 22.3 Å². The molecule has 0 fully saturated rings. The summed E-state index contributed by atoms with van der Waals surface area (Å²) >= 11 is 3.82. The smallest absolute Gasteiger partial charge is 0.411 e. The summed E-state index contributed by atoms with van der Waals surface area (Å²) in [5, 5.41) is 7.22. The zero-order valence-electron chi connectivity index (χ0n) is 8.10. The van der Waals surface area contributed by atoms with Crippen LogP contribution in [0.3, 0.4) is 0 Å². The van der Waals surface area contributed by atoms with Crippen LogP contribution >= 0.6 is 12.6 Å².